The van der Waals surface area contributed by atoms with Gasteiger partial charge in [-0.2, -0.15) is 0 Å². The molecule has 28 heavy (non-hydrogen) atoms. The number of carbonyl (C=O) groups excluding carboxylic acids is 1. The van der Waals surface area contributed by atoms with Gasteiger partial charge in [-0.1, -0.05) is 25.1 Å². The first-order chi connectivity index (χ1) is 13.1. The van der Waals surface area contributed by atoms with E-state index in [4.69, 9.17) is 23.4 Å². The van der Waals surface area contributed by atoms with Gasteiger partial charge in [-0.3, -0.25) is 0 Å². The summed E-state index contributed by atoms with van der Waals surface area (Å²) in [5.41, 5.74) is 0.292. The predicted molar refractivity (Wildman–Crippen MR) is 111 cm³/mol. The molecule has 0 N–H and O–H groups in total. The zero-order valence-electron chi connectivity index (χ0n) is 17.3. The van der Waals surface area contributed by atoms with Gasteiger partial charge < -0.3 is 23.4 Å². The molecule has 0 aliphatic carbocycles. The first kappa shape index (κ1) is 21.8. The van der Waals surface area contributed by atoms with Gasteiger partial charge in [0.2, 0.25) is 0 Å². The van der Waals surface area contributed by atoms with Crippen LogP contribution in [0.25, 0.3) is 0 Å². The first-order valence-corrected chi connectivity index (χ1v) is 14.2. The lowest BCUT2D eigenvalue weighted by Gasteiger charge is -2.40. The van der Waals surface area contributed by atoms with Crippen LogP contribution >= 0.6 is 11.8 Å². The van der Waals surface area contributed by atoms with Crippen LogP contribution in [0.15, 0.2) is 30.3 Å². The summed E-state index contributed by atoms with van der Waals surface area (Å²) < 4.78 is 30.6. The Kier molecular flexibility index (Phi) is 6.58. The van der Waals surface area contributed by atoms with E-state index in [1.54, 1.807) is 30.8 Å². The van der Waals surface area contributed by atoms with E-state index in [1.807, 2.05) is 25.1 Å². The van der Waals surface area contributed by atoms with Crippen LogP contribution in [-0.2, 0) is 23.4 Å². The number of hydrogen-bond acceptors (Lipinski definition) is 7. The minimum Gasteiger partial charge on any atom is -0.453 e. The molecule has 2 aliphatic rings. The molecule has 1 aromatic rings. The van der Waals surface area contributed by atoms with Gasteiger partial charge in [0.25, 0.3) is 5.97 Å². The van der Waals surface area contributed by atoms with E-state index in [9.17, 15) is 4.79 Å². The van der Waals surface area contributed by atoms with E-state index >= 15 is 0 Å². The second kappa shape index (κ2) is 8.45. The Morgan fingerprint density at radius 2 is 1.82 bits per heavy atom. The zero-order chi connectivity index (χ0) is 20.5. The van der Waals surface area contributed by atoms with Crippen molar-refractivity contribution < 1.29 is 28.2 Å². The Labute approximate surface area is 172 Å². The highest BCUT2D eigenvalue weighted by molar-refractivity contribution is 7.99. The number of hydrogen-bond donors (Lipinski definition) is 0. The fraction of sp³-hybridized carbons (Fsp3) is 0.650. The first-order valence-electron chi connectivity index (χ1n) is 9.71. The third-order valence-electron chi connectivity index (χ3n) is 4.50. The van der Waals surface area contributed by atoms with Gasteiger partial charge in [-0.05, 0) is 44.5 Å². The van der Waals surface area contributed by atoms with Gasteiger partial charge >= 0.3 is 5.97 Å². The van der Waals surface area contributed by atoms with Gasteiger partial charge in [0.15, 0.2) is 14.4 Å². The smallest absolute Gasteiger partial charge is 0.338 e. The molecule has 0 spiro atoms. The van der Waals surface area contributed by atoms with Crippen LogP contribution in [0, 0.1) is 0 Å². The molecule has 0 amide bonds. The molecule has 2 heterocycles. The summed E-state index contributed by atoms with van der Waals surface area (Å²) in [5, 5.41) is 0. The van der Waals surface area contributed by atoms with Gasteiger partial charge in [-0.15, -0.1) is 11.8 Å². The second-order valence-electron chi connectivity index (χ2n) is 8.14. The maximum atomic E-state index is 12.6. The van der Waals surface area contributed by atoms with E-state index in [0.717, 1.165) is 5.75 Å². The molecule has 2 saturated heterocycles. The monoisotopic (exact) mass is 426 g/mol. The Bertz CT molecular complexity index is 681. The van der Waals surface area contributed by atoms with Crippen LogP contribution in [-0.4, -0.2) is 55.9 Å². The Morgan fingerprint density at radius 3 is 2.43 bits per heavy atom. The van der Waals surface area contributed by atoms with Crippen molar-refractivity contribution in [3.8, 4) is 0 Å². The standard InChI is InChI=1S/C20H30O6SSi/c1-7-27-19-17-16(24-20(3,25-17)26-28(4,5)6)15(13(2)22-19)23-18(21)14-11-9-8-10-12-14/h8-13,15-17,19H,7H2,1-6H3/t13-,15-,16+,17+,19-,20?/m0/s1. The Morgan fingerprint density at radius 1 is 1.18 bits per heavy atom. The van der Waals surface area contributed by atoms with Crippen molar-refractivity contribution in [3.05, 3.63) is 35.9 Å². The summed E-state index contributed by atoms with van der Waals surface area (Å²) in [6, 6.07) is 8.94. The van der Waals surface area contributed by atoms with Crippen molar-refractivity contribution in [3.63, 3.8) is 0 Å². The molecule has 0 aromatic heterocycles. The number of esters is 1. The third-order valence-corrected chi connectivity index (χ3v) is 6.53. The number of thioether (sulfide) groups is 1. The summed E-state index contributed by atoms with van der Waals surface area (Å²) in [5.74, 6) is -0.689. The van der Waals surface area contributed by atoms with Crippen molar-refractivity contribution in [2.75, 3.05) is 5.75 Å². The summed E-state index contributed by atoms with van der Waals surface area (Å²) in [6.07, 6.45) is -1.74. The molecule has 2 aliphatic heterocycles. The van der Waals surface area contributed by atoms with E-state index in [-0.39, 0.29) is 17.6 Å². The highest BCUT2D eigenvalue weighted by atomic mass is 32.2. The number of benzene rings is 1. The molecule has 1 aromatic carbocycles. The average Bonchev–Trinajstić information content (AvgIpc) is 2.94. The molecule has 1 unspecified atom stereocenters. The highest BCUT2D eigenvalue weighted by Crippen LogP contribution is 2.43. The fourth-order valence-corrected chi connectivity index (χ4v) is 5.78. The lowest BCUT2D eigenvalue weighted by atomic mass is 10.0. The minimum absolute atomic E-state index is 0.205. The number of fused-ring (bicyclic) bond motifs is 1. The maximum Gasteiger partial charge on any atom is 0.338 e. The molecule has 3 rings (SSSR count). The zero-order valence-corrected chi connectivity index (χ0v) is 19.2. The quantitative estimate of drug-likeness (QED) is 0.503. The lowest BCUT2D eigenvalue weighted by molar-refractivity contribution is -0.293. The van der Waals surface area contributed by atoms with Crippen molar-refractivity contribution in [1.82, 2.24) is 0 Å². The minimum atomic E-state index is -1.93. The van der Waals surface area contributed by atoms with Crippen LogP contribution in [0.1, 0.15) is 31.1 Å². The van der Waals surface area contributed by atoms with Gasteiger partial charge in [-0.25, -0.2) is 4.79 Å². The maximum absolute atomic E-state index is 12.6. The normalized spacial score (nSPS) is 35.4. The van der Waals surface area contributed by atoms with Gasteiger partial charge in [0, 0.05) is 6.92 Å². The average molecular weight is 427 g/mol. The van der Waals surface area contributed by atoms with E-state index in [1.165, 1.54) is 0 Å². The predicted octanol–water partition coefficient (Wildman–Crippen LogP) is 4.02. The molecule has 6 nitrogen and oxygen atoms in total. The molecule has 0 bridgehead atoms. The molecule has 0 radical (unpaired) electrons. The summed E-state index contributed by atoms with van der Waals surface area (Å²) in [7, 11) is -1.93. The molecular weight excluding hydrogens is 396 g/mol. The van der Waals surface area contributed by atoms with Crippen LogP contribution in [0.4, 0.5) is 0 Å². The number of ether oxygens (including phenoxy) is 4. The molecule has 6 atom stereocenters. The molecule has 0 saturated carbocycles. The summed E-state index contributed by atoms with van der Waals surface area (Å²) >= 11 is 1.66. The molecule has 2 fully saturated rings. The molecule has 156 valence electrons. The largest absolute Gasteiger partial charge is 0.453 e. The Hall–Kier alpha value is -0.903. The van der Waals surface area contributed by atoms with E-state index in [2.05, 4.69) is 26.6 Å². The van der Waals surface area contributed by atoms with Gasteiger partial charge in [0.1, 0.15) is 17.6 Å². The van der Waals surface area contributed by atoms with Gasteiger partial charge in [0.05, 0.1) is 11.7 Å². The number of carbonyl (C=O) groups is 1. The van der Waals surface area contributed by atoms with Crippen molar-refractivity contribution in [1.29, 1.82) is 0 Å². The highest BCUT2D eigenvalue weighted by Gasteiger charge is 2.58. The molecular formula is C20H30O6SSi. The fourth-order valence-electron chi connectivity index (χ4n) is 3.59. The van der Waals surface area contributed by atoms with Crippen LogP contribution < -0.4 is 0 Å². The topological polar surface area (TPSA) is 63.2 Å². The van der Waals surface area contributed by atoms with Crippen LogP contribution in [0.3, 0.4) is 0 Å². The van der Waals surface area contributed by atoms with E-state index in [0.29, 0.717) is 5.56 Å². The van der Waals surface area contributed by atoms with Crippen LogP contribution in [0.5, 0.6) is 0 Å². The second-order valence-corrected chi connectivity index (χ2v) is 13.9. The van der Waals surface area contributed by atoms with Crippen molar-refractivity contribution >= 4 is 26.0 Å². The van der Waals surface area contributed by atoms with Crippen molar-refractivity contribution in [2.45, 2.75) is 76.2 Å². The SMILES string of the molecule is CCS[C@@H]1O[C@@H](C)[C@H](OC(=O)c2ccccc2)[C@H]2OC(C)(O[Si](C)(C)C)O[C@H]21. The van der Waals surface area contributed by atoms with Crippen molar-refractivity contribution in [2.24, 2.45) is 0 Å². The van der Waals surface area contributed by atoms with E-state index < -0.39 is 32.5 Å². The number of rotatable bonds is 6. The molecule has 8 heteroatoms. The summed E-state index contributed by atoms with van der Waals surface area (Å²) in [6.45, 7) is 12.0. The summed E-state index contributed by atoms with van der Waals surface area (Å²) in [4.78, 5) is 12.6. The Balaban J connectivity index is 1.82. The lowest BCUT2D eigenvalue weighted by Crippen LogP contribution is -2.55. The third kappa shape index (κ3) is 4.98. The van der Waals surface area contributed by atoms with Crippen LogP contribution in [0.2, 0.25) is 19.6 Å².